The van der Waals surface area contributed by atoms with E-state index in [4.69, 9.17) is 10.6 Å². The van der Waals surface area contributed by atoms with Crippen LogP contribution in [0.5, 0.6) is 0 Å². The van der Waals surface area contributed by atoms with Crippen LogP contribution in [0.25, 0.3) is 0 Å². The second kappa shape index (κ2) is 4.39. The molecule has 0 saturated heterocycles. The maximum Gasteiger partial charge on any atom is 0.509 e. The Bertz CT molecular complexity index is 560. The molecule has 1 aromatic heterocycles. The summed E-state index contributed by atoms with van der Waals surface area (Å²) in [5.74, 6) is 0.625. The Morgan fingerprint density at radius 1 is 1.55 bits per heavy atom. The lowest BCUT2D eigenvalue weighted by Gasteiger charge is -2.48. The Hall–Kier alpha value is -1.21. The first-order valence-corrected chi connectivity index (χ1v) is 8.20. The third-order valence-corrected chi connectivity index (χ3v) is 5.66. The van der Waals surface area contributed by atoms with Crippen molar-refractivity contribution in [2.45, 2.75) is 37.6 Å². The predicted octanol–water partition coefficient (Wildman–Crippen LogP) is -0.0246. The van der Waals surface area contributed by atoms with Crippen molar-refractivity contribution in [2.75, 3.05) is 17.6 Å². The number of hydrogen-bond acceptors (Lipinski definition) is 6. The molecule has 9 heteroatoms. The summed E-state index contributed by atoms with van der Waals surface area (Å²) in [6, 6.07) is 0.326. The lowest BCUT2D eigenvalue weighted by atomic mass is 9.90. The largest absolute Gasteiger partial charge is 0.509 e. The molecule has 0 aromatic carbocycles. The van der Waals surface area contributed by atoms with Crippen molar-refractivity contribution in [3.63, 3.8) is 0 Å². The van der Waals surface area contributed by atoms with Crippen molar-refractivity contribution in [3.8, 4) is 0 Å². The Morgan fingerprint density at radius 3 is 3.00 bits per heavy atom. The molecule has 0 radical (unpaired) electrons. The number of anilines is 1. The first kappa shape index (κ1) is 12.5. The molecule has 0 spiro atoms. The maximum absolute atomic E-state index is 12.4. The van der Waals surface area contributed by atoms with Crippen LogP contribution in [0.4, 0.5) is 5.82 Å². The molecule has 1 aliphatic carbocycles. The van der Waals surface area contributed by atoms with Crippen molar-refractivity contribution in [3.05, 3.63) is 12.0 Å². The Labute approximate surface area is 116 Å². The molecule has 3 atom stereocenters. The number of rotatable bonds is 2. The molecule has 8 nitrogen and oxygen atoms in total. The van der Waals surface area contributed by atoms with Crippen LogP contribution in [0.2, 0.25) is 0 Å². The molecule has 1 fully saturated rings. The van der Waals surface area contributed by atoms with E-state index in [2.05, 4.69) is 9.88 Å². The molecule has 3 unspecified atom stereocenters. The van der Waals surface area contributed by atoms with Crippen molar-refractivity contribution in [2.24, 2.45) is 5.73 Å². The highest BCUT2D eigenvalue weighted by Gasteiger charge is 2.54. The number of nitrogens with zero attached hydrogens (tertiary/aromatic N) is 4. The summed E-state index contributed by atoms with van der Waals surface area (Å²) in [5, 5.41) is 9.81. The molecule has 1 saturated carbocycles. The van der Waals surface area contributed by atoms with E-state index >= 15 is 0 Å². The van der Waals surface area contributed by atoms with Gasteiger partial charge in [-0.25, -0.2) is 4.98 Å². The quantitative estimate of drug-likeness (QED) is 0.740. The predicted molar refractivity (Wildman–Crippen MR) is 71.0 cm³/mol. The summed E-state index contributed by atoms with van der Waals surface area (Å²) in [4.78, 5) is 11.7. The molecule has 20 heavy (non-hydrogen) atoms. The first-order chi connectivity index (χ1) is 9.72. The zero-order chi connectivity index (χ0) is 13.9. The molecule has 1 aromatic rings. The van der Waals surface area contributed by atoms with Gasteiger partial charge in [0.2, 0.25) is 5.82 Å². The summed E-state index contributed by atoms with van der Waals surface area (Å²) in [7, 11) is -1.73. The minimum Gasteiger partial charge on any atom is -0.393 e. The van der Waals surface area contributed by atoms with Crippen LogP contribution < -0.4 is 15.2 Å². The van der Waals surface area contributed by atoms with Gasteiger partial charge >= 0.3 is 14.3 Å². The average Bonchev–Trinajstić information content (AvgIpc) is 2.81. The molecule has 3 heterocycles. The number of aliphatic hydroxyl groups is 1. The van der Waals surface area contributed by atoms with Gasteiger partial charge in [-0.1, -0.05) is 6.42 Å². The molecule has 0 amide bonds. The van der Waals surface area contributed by atoms with E-state index < -0.39 is 14.1 Å². The summed E-state index contributed by atoms with van der Waals surface area (Å²) in [6.07, 6.45) is 4.17. The highest BCUT2D eigenvalue weighted by Crippen LogP contribution is 2.48. The smallest absolute Gasteiger partial charge is 0.393 e. The maximum atomic E-state index is 12.4. The van der Waals surface area contributed by atoms with Crippen LogP contribution in [-0.4, -0.2) is 44.9 Å². The van der Waals surface area contributed by atoms with E-state index in [1.54, 1.807) is 11.0 Å². The minimum atomic E-state index is -1.73. The Kier molecular flexibility index (Phi) is 2.75. The van der Waals surface area contributed by atoms with E-state index in [9.17, 15) is 9.67 Å². The molecule has 3 aliphatic rings. The van der Waals surface area contributed by atoms with Gasteiger partial charge in [0.1, 0.15) is 18.2 Å². The van der Waals surface area contributed by atoms with Crippen molar-refractivity contribution >= 4 is 13.8 Å². The second-order valence-corrected chi connectivity index (χ2v) is 6.77. The molecular weight excluding hydrogens is 281 g/mol. The van der Waals surface area contributed by atoms with Gasteiger partial charge in [0.25, 0.3) is 0 Å². The van der Waals surface area contributed by atoms with Gasteiger partial charge in [0.05, 0.1) is 6.61 Å². The second-order valence-electron chi connectivity index (χ2n) is 5.37. The number of nitrogens with two attached hydrogens (primary N) is 1. The van der Waals surface area contributed by atoms with Crippen LogP contribution in [0.3, 0.4) is 0 Å². The van der Waals surface area contributed by atoms with Crippen molar-refractivity contribution < 1.29 is 14.5 Å². The van der Waals surface area contributed by atoms with Gasteiger partial charge in [-0.05, 0) is 17.4 Å². The lowest BCUT2D eigenvalue weighted by molar-refractivity contribution is 0.00302. The van der Waals surface area contributed by atoms with Gasteiger partial charge in [0.15, 0.2) is 6.17 Å². The normalized spacial score (nSPS) is 31.7. The van der Waals surface area contributed by atoms with Crippen LogP contribution in [0.1, 0.15) is 31.1 Å². The summed E-state index contributed by atoms with van der Waals surface area (Å²) in [5.41, 5.74) is 7.00. The number of hydrogen-bond donors (Lipinski definition) is 2. The van der Waals surface area contributed by atoms with E-state index in [1.165, 1.54) is 11.2 Å². The highest BCUT2D eigenvalue weighted by atomic mass is 31.1. The van der Waals surface area contributed by atoms with Gasteiger partial charge in [-0.15, -0.1) is 9.40 Å². The molecule has 4 rings (SSSR count). The molecular formula is C11H17N5O3P+. The summed E-state index contributed by atoms with van der Waals surface area (Å²) in [6.45, 7) is -0.115. The fourth-order valence-electron chi connectivity index (χ4n) is 3.21. The van der Waals surface area contributed by atoms with Crippen LogP contribution >= 0.6 is 7.95 Å². The zero-order valence-electron chi connectivity index (χ0n) is 10.9. The van der Waals surface area contributed by atoms with E-state index in [0.29, 0.717) is 17.6 Å². The van der Waals surface area contributed by atoms with Gasteiger partial charge in [0, 0.05) is 6.04 Å². The van der Waals surface area contributed by atoms with Crippen molar-refractivity contribution in [1.82, 2.24) is 14.6 Å². The number of aromatic nitrogens is 2. The molecule has 2 aliphatic heterocycles. The van der Waals surface area contributed by atoms with E-state index in [1.807, 2.05) is 0 Å². The lowest BCUT2D eigenvalue weighted by Crippen LogP contribution is -2.61. The van der Waals surface area contributed by atoms with E-state index in [0.717, 1.165) is 12.8 Å². The Morgan fingerprint density at radius 2 is 2.35 bits per heavy atom. The minimum absolute atomic E-state index is 0.0996. The number of aliphatic hydroxyl groups excluding tert-OH is 1. The third kappa shape index (κ3) is 1.50. The number of imidazole rings is 1. The van der Waals surface area contributed by atoms with Gasteiger partial charge < -0.3 is 15.7 Å². The summed E-state index contributed by atoms with van der Waals surface area (Å²) < 4.78 is 15.6. The molecule has 3 N–H and O–H groups in total. The van der Waals surface area contributed by atoms with Gasteiger partial charge in [-0.3, -0.25) is 4.90 Å². The monoisotopic (exact) mass is 298 g/mol. The topological polar surface area (TPSA) is 96.9 Å². The summed E-state index contributed by atoms with van der Waals surface area (Å²) >= 11 is 0. The molecule has 108 valence electrons. The Balaban J connectivity index is 1.84. The van der Waals surface area contributed by atoms with Crippen molar-refractivity contribution in [1.29, 1.82) is 0 Å². The zero-order valence-corrected chi connectivity index (χ0v) is 11.8. The fourth-order valence-corrected chi connectivity index (χ4v) is 4.45. The van der Waals surface area contributed by atoms with E-state index in [-0.39, 0.29) is 19.1 Å². The fraction of sp³-hybridized carbons (Fsp3) is 0.727. The standard InChI is InChI=1S/C11H17N5O3P/c12-10-9-11-14(5-13-9)19-6-20(18)16(11)8(4-17)15(10)7-2-1-3-7/h5,7-8,10,17H,1-4,6,12H2/q+1. The first-order valence-electron chi connectivity index (χ1n) is 6.80. The SMILES string of the molecule is NC1c2ncn3c2N(C(CO)N1C1CCC1)[P+](=O)CO3. The molecule has 0 bridgehead atoms. The highest BCUT2D eigenvalue weighted by molar-refractivity contribution is 7.46. The van der Waals surface area contributed by atoms with Crippen LogP contribution in [0, 0.1) is 0 Å². The van der Waals surface area contributed by atoms with Crippen LogP contribution in [-0.2, 0) is 4.57 Å². The average molecular weight is 298 g/mol. The van der Waals surface area contributed by atoms with Gasteiger partial charge in [-0.2, -0.15) is 0 Å². The third-order valence-electron chi connectivity index (χ3n) is 4.39. The van der Waals surface area contributed by atoms with Crippen LogP contribution in [0.15, 0.2) is 6.33 Å².